The van der Waals surface area contributed by atoms with Gasteiger partial charge in [-0.2, -0.15) is 0 Å². The minimum absolute atomic E-state index is 0.0221. The van der Waals surface area contributed by atoms with Crippen molar-refractivity contribution in [2.75, 3.05) is 13.7 Å². The minimum Gasteiger partial charge on any atom is -0.493 e. The van der Waals surface area contributed by atoms with Gasteiger partial charge in [0.15, 0.2) is 11.5 Å². The van der Waals surface area contributed by atoms with Crippen LogP contribution in [0.25, 0.3) is 0 Å². The van der Waals surface area contributed by atoms with Gasteiger partial charge in [0.2, 0.25) is 0 Å². The number of ether oxygens (including phenoxy) is 2. The zero-order chi connectivity index (χ0) is 14.5. The van der Waals surface area contributed by atoms with Crippen LogP contribution in [-0.4, -0.2) is 35.5 Å². The van der Waals surface area contributed by atoms with Gasteiger partial charge in [-0.05, 0) is 25.0 Å². The average molecular weight is 268 g/mol. The van der Waals surface area contributed by atoms with Crippen molar-refractivity contribution in [2.24, 2.45) is 0 Å². The molecule has 2 N–H and O–H groups in total. The third kappa shape index (κ3) is 3.61. The number of benzene rings is 1. The molecule has 106 valence electrons. The normalized spacial score (nSPS) is 11.2. The Labute approximate surface area is 112 Å². The molecule has 0 saturated heterocycles. The van der Waals surface area contributed by atoms with Gasteiger partial charge in [-0.3, -0.25) is 0 Å². The Morgan fingerprint density at radius 1 is 1.32 bits per heavy atom. The standard InChI is InChI=1S/C14H20O5/c1-4-14(17,5-2)9-19-12-10(13(15)16)7-6-8-11(12)18-3/h6-8,17H,4-5,9H2,1-3H3,(H,15,16). The summed E-state index contributed by atoms with van der Waals surface area (Å²) in [4.78, 5) is 11.2. The largest absolute Gasteiger partial charge is 0.493 e. The van der Waals surface area contributed by atoms with Gasteiger partial charge in [-0.1, -0.05) is 19.9 Å². The van der Waals surface area contributed by atoms with E-state index in [2.05, 4.69) is 0 Å². The number of hydrogen-bond acceptors (Lipinski definition) is 4. The fourth-order valence-corrected chi connectivity index (χ4v) is 1.65. The third-order valence-electron chi connectivity index (χ3n) is 3.23. The fourth-order valence-electron chi connectivity index (χ4n) is 1.65. The molecule has 5 heteroatoms. The van der Waals surface area contributed by atoms with E-state index in [4.69, 9.17) is 14.6 Å². The molecule has 0 amide bonds. The number of hydrogen-bond donors (Lipinski definition) is 2. The summed E-state index contributed by atoms with van der Waals surface area (Å²) < 4.78 is 10.6. The van der Waals surface area contributed by atoms with Crippen molar-refractivity contribution in [3.8, 4) is 11.5 Å². The number of aliphatic hydroxyl groups is 1. The summed E-state index contributed by atoms with van der Waals surface area (Å²) in [6.45, 7) is 3.74. The molecule has 0 unspecified atom stereocenters. The topological polar surface area (TPSA) is 76.0 Å². The Bertz CT molecular complexity index is 437. The number of carboxylic acid groups (broad SMARTS) is 1. The highest BCUT2D eigenvalue weighted by atomic mass is 16.5. The summed E-state index contributed by atoms with van der Waals surface area (Å²) in [5.41, 5.74) is -0.940. The van der Waals surface area contributed by atoms with Crippen LogP contribution in [-0.2, 0) is 0 Å². The van der Waals surface area contributed by atoms with E-state index in [1.807, 2.05) is 13.8 Å². The Morgan fingerprint density at radius 2 is 1.95 bits per heavy atom. The van der Waals surface area contributed by atoms with E-state index >= 15 is 0 Å². The van der Waals surface area contributed by atoms with Crippen LogP contribution < -0.4 is 9.47 Å². The van der Waals surface area contributed by atoms with E-state index < -0.39 is 11.6 Å². The first-order chi connectivity index (χ1) is 8.97. The molecule has 0 saturated carbocycles. The van der Waals surface area contributed by atoms with Crippen molar-refractivity contribution in [1.82, 2.24) is 0 Å². The van der Waals surface area contributed by atoms with E-state index in [1.54, 1.807) is 12.1 Å². The molecule has 1 aromatic rings. The highest BCUT2D eigenvalue weighted by Gasteiger charge is 2.25. The zero-order valence-electron chi connectivity index (χ0n) is 11.5. The quantitative estimate of drug-likeness (QED) is 0.793. The number of rotatable bonds is 7. The van der Waals surface area contributed by atoms with Crippen LogP contribution in [0.2, 0.25) is 0 Å². The van der Waals surface area contributed by atoms with Crippen LogP contribution in [0, 0.1) is 0 Å². The molecular formula is C14H20O5. The van der Waals surface area contributed by atoms with Crippen LogP contribution in [0.3, 0.4) is 0 Å². The van der Waals surface area contributed by atoms with Crippen LogP contribution in [0.4, 0.5) is 0 Å². The molecule has 19 heavy (non-hydrogen) atoms. The van der Waals surface area contributed by atoms with Crippen LogP contribution in [0.5, 0.6) is 11.5 Å². The molecule has 1 aromatic carbocycles. The number of methoxy groups -OCH3 is 1. The van der Waals surface area contributed by atoms with Crippen molar-refractivity contribution in [1.29, 1.82) is 0 Å². The first kappa shape index (κ1) is 15.3. The van der Waals surface area contributed by atoms with E-state index in [0.29, 0.717) is 18.6 Å². The van der Waals surface area contributed by atoms with E-state index in [-0.39, 0.29) is 17.9 Å². The lowest BCUT2D eigenvalue weighted by atomic mass is 9.99. The van der Waals surface area contributed by atoms with Gasteiger partial charge in [0.25, 0.3) is 0 Å². The van der Waals surface area contributed by atoms with Crippen molar-refractivity contribution < 1.29 is 24.5 Å². The predicted molar refractivity (Wildman–Crippen MR) is 71.0 cm³/mol. The summed E-state index contributed by atoms with van der Waals surface area (Å²) in [5, 5.41) is 19.3. The third-order valence-corrected chi connectivity index (χ3v) is 3.23. The van der Waals surface area contributed by atoms with Gasteiger partial charge in [-0.15, -0.1) is 0 Å². The summed E-state index contributed by atoms with van der Waals surface area (Å²) in [6.07, 6.45) is 1.06. The second-order valence-corrected chi connectivity index (χ2v) is 4.36. The smallest absolute Gasteiger partial charge is 0.339 e. The average Bonchev–Trinajstić information content (AvgIpc) is 2.44. The molecule has 0 heterocycles. The zero-order valence-corrected chi connectivity index (χ0v) is 11.5. The maximum Gasteiger partial charge on any atom is 0.339 e. The molecule has 5 nitrogen and oxygen atoms in total. The molecule has 0 fully saturated rings. The highest BCUT2D eigenvalue weighted by molar-refractivity contribution is 5.92. The summed E-state index contributed by atoms with van der Waals surface area (Å²) in [5.74, 6) is -0.599. The van der Waals surface area contributed by atoms with Crippen molar-refractivity contribution in [3.63, 3.8) is 0 Å². The first-order valence-corrected chi connectivity index (χ1v) is 6.23. The second-order valence-electron chi connectivity index (χ2n) is 4.36. The second kappa shape index (κ2) is 6.43. The van der Waals surface area contributed by atoms with Crippen molar-refractivity contribution in [2.45, 2.75) is 32.3 Å². The molecule has 0 aliphatic carbocycles. The van der Waals surface area contributed by atoms with Gasteiger partial charge in [0, 0.05) is 0 Å². The Hall–Kier alpha value is -1.75. The summed E-state index contributed by atoms with van der Waals surface area (Å²) in [6, 6.07) is 4.65. The lowest BCUT2D eigenvalue weighted by Gasteiger charge is -2.26. The number of aromatic carboxylic acids is 1. The number of carbonyl (C=O) groups is 1. The van der Waals surface area contributed by atoms with Crippen LogP contribution in [0.15, 0.2) is 18.2 Å². The molecule has 0 aliphatic heterocycles. The number of para-hydroxylation sites is 1. The highest BCUT2D eigenvalue weighted by Crippen LogP contribution is 2.32. The van der Waals surface area contributed by atoms with Crippen LogP contribution in [0.1, 0.15) is 37.0 Å². The molecule has 0 radical (unpaired) electrons. The van der Waals surface area contributed by atoms with Gasteiger partial charge < -0.3 is 19.7 Å². The molecule has 0 atom stereocenters. The molecule has 0 aliphatic rings. The summed E-state index contributed by atoms with van der Waals surface area (Å²) >= 11 is 0. The fraction of sp³-hybridized carbons (Fsp3) is 0.500. The minimum atomic E-state index is -1.09. The van der Waals surface area contributed by atoms with Crippen molar-refractivity contribution >= 4 is 5.97 Å². The van der Waals surface area contributed by atoms with Gasteiger partial charge >= 0.3 is 5.97 Å². The number of carboxylic acids is 1. The molecule has 0 bridgehead atoms. The predicted octanol–water partition coefficient (Wildman–Crippen LogP) is 2.32. The Kier molecular flexibility index (Phi) is 5.18. The summed E-state index contributed by atoms with van der Waals surface area (Å²) in [7, 11) is 1.44. The lowest BCUT2D eigenvalue weighted by molar-refractivity contribution is -0.0123. The molecule has 0 aromatic heterocycles. The van der Waals surface area contributed by atoms with Gasteiger partial charge in [0.1, 0.15) is 12.2 Å². The monoisotopic (exact) mass is 268 g/mol. The molecule has 1 rings (SSSR count). The van der Waals surface area contributed by atoms with Crippen LogP contribution >= 0.6 is 0 Å². The van der Waals surface area contributed by atoms with E-state index in [0.717, 1.165) is 0 Å². The molecular weight excluding hydrogens is 248 g/mol. The van der Waals surface area contributed by atoms with E-state index in [9.17, 15) is 9.90 Å². The maximum absolute atomic E-state index is 11.2. The lowest BCUT2D eigenvalue weighted by Crippen LogP contribution is -2.34. The first-order valence-electron chi connectivity index (χ1n) is 6.23. The SMILES string of the molecule is CCC(O)(CC)COc1c(OC)cccc1C(=O)O. The Morgan fingerprint density at radius 3 is 2.42 bits per heavy atom. The molecule has 0 spiro atoms. The van der Waals surface area contributed by atoms with E-state index in [1.165, 1.54) is 13.2 Å². The maximum atomic E-state index is 11.2. The van der Waals surface area contributed by atoms with Gasteiger partial charge in [-0.25, -0.2) is 4.79 Å². The van der Waals surface area contributed by atoms with Gasteiger partial charge in [0.05, 0.1) is 12.7 Å². The Balaban J connectivity index is 3.02. The van der Waals surface area contributed by atoms with Crippen molar-refractivity contribution in [3.05, 3.63) is 23.8 Å².